The van der Waals surface area contributed by atoms with Gasteiger partial charge in [0.1, 0.15) is 11.4 Å². The third kappa shape index (κ3) is 5.80. The Hall–Kier alpha value is -1.17. The number of nitrogens with zero attached hydrogens (tertiary/aromatic N) is 2. The lowest BCUT2D eigenvalue weighted by molar-refractivity contribution is 0.0364. The van der Waals surface area contributed by atoms with Crippen LogP contribution < -0.4 is 10.5 Å². The van der Waals surface area contributed by atoms with Gasteiger partial charge >= 0.3 is 0 Å². The summed E-state index contributed by atoms with van der Waals surface area (Å²) in [5.74, 6) is 1.08. The quantitative estimate of drug-likeness (QED) is 0.617. The Kier molecular flexibility index (Phi) is 9.99. The average molecular weight is 489 g/mol. The van der Waals surface area contributed by atoms with Gasteiger partial charge < -0.3 is 10.5 Å². The molecular formula is C24H36Cl3N3O. The molecule has 4 nitrogen and oxygen atoms in total. The summed E-state index contributed by atoms with van der Waals surface area (Å²) in [5, 5.41) is 0. The minimum atomic E-state index is -0.167. The van der Waals surface area contributed by atoms with Gasteiger partial charge in [0.25, 0.3) is 0 Å². The number of nitrogens with two attached hydrogens (primary N) is 1. The number of ether oxygens (including phenoxy) is 1. The Balaban J connectivity index is 0.00000160. The molecule has 0 aromatic heterocycles. The maximum absolute atomic E-state index is 6.56. The van der Waals surface area contributed by atoms with E-state index in [1.54, 1.807) is 0 Å². The number of rotatable bonds is 4. The first kappa shape index (κ1) is 27.9. The topological polar surface area (TPSA) is 41.7 Å². The number of fused-ring (bicyclic) bond motifs is 1. The molecule has 2 aromatic rings. The number of piperazine rings is 1. The van der Waals surface area contributed by atoms with Crippen LogP contribution in [0, 0.1) is 20.8 Å². The van der Waals surface area contributed by atoms with Crippen molar-refractivity contribution in [3.63, 3.8) is 0 Å². The number of nitrogen functional groups attached to an aromatic ring is 1. The predicted molar refractivity (Wildman–Crippen MR) is 138 cm³/mol. The van der Waals surface area contributed by atoms with E-state index in [-0.39, 0.29) is 42.8 Å². The van der Waals surface area contributed by atoms with Crippen LogP contribution in [0.2, 0.25) is 0 Å². The summed E-state index contributed by atoms with van der Waals surface area (Å²) >= 11 is 0. The van der Waals surface area contributed by atoms with Crippen LogP contribution in [0.4, 0.5) is 5.69 Å². The summed E-state index contributed by atoms with van der Waals surface area (Å²) in [6.07, 6.45) is 0.948. The van der Waals surface area contributed by atoms with Gasteiger partial charge in [-0.2, -0.15) is 0 Å². The Labute approximate surface area is 205 Å². The lowest BCUT2D eigenvalue weighted by Gasteiger charge is -2.38. The molecule has 1 atom stereocenters. The van der Waals surface area contributed by atoms with Crippen molar-refractivity contribution >= 4 is 42.9 Å². The first-order chi connectivity index (χ1) is 13.4. The highest BCUT2D eigenvalue weighted by Gasteiger charge is 2.39. The zero-order chi connectivity index (χ0) is 19.9. The molecule has 31 heavy (non-hydrogen) atoms. The molecule has 174 valence electrons. The molecule has 2 aliphatic rings. The standard InChI is InChI=1S/C24H33N3O.3ClH/c1-17-18(2)23-21(19(3)22(17)25)14-24(4,28-23)16-27-12-10-26(11-13-27)15-20-8-6-5-7-9-20;;;/h5-9H,10-16,25H2,1-4H3;3*1H. The first-order valence-electron chi connectivity index (χ1n) is 10.4. The molecule has 7 heteroatoms. The van der Waals surface area contributed by atoms with Gasteiger partial charge in [-0.1, -0.05) is 30.3 Å². The van der Waals surface area contributed by atoms with E-state index in [4.69, 9.17) is 10.5 Å². The van der Waals surface area contributed by atoms with Gasteiger partial charge in [0.15, 0.2) is 0 Å². The zero-order valence-corrected chi connectivity index (χ0v) is 21.4. The molecule has 4 rings (SSSR count). The number of benzene rings is 2. The monoisotopic (exact) mass is 487 g/mol. The highest BCUT2D eigenvalue weighted by atomic mass is 35.5. The van der Waals surface area contributed by atoms with Gasteiger partial charge in [-0.3, -0.25) is 9.80 Å². The predicted octanol–water partition coefficient (Wildman–Crippen LogP) is 4.97. The summed E-state index contributed by atoms with van der Waals surface area (Å²) in [4.78, 5) is 5.12. The van der Waals surface area contributed by atoms with E-state index < -0.39 is 0 Å². The Morgan fingerprint density at radius 3 is 2.06 bits per heavy atom. The molecule has 2 aliphatic heterocycles. The van der Waals surface area contributed by atoms with Gasteiger partial charge in [-0.25, -0.2) is 0 Å². The van der Waals surface area contributed by atoms with Gasteiger partial charge in [-0.05, 0) is 49.9 Å². The highest BCUT2D eigenvalue weighted by Crippen LogP contribution is 2.43. The molecule has 2 heterocycles. The zero-order valence-electron chi connectivity index (χ0n) is 18.9. The Bertz CT molecular complexity index is 831. The van der Waals surface area contributed by atoms with E-state index in [0.29, 0.717) is 0 Å². The molecule has 0 spiro atoms. The number of hydrogen-bond acceptors (Lipinski definition) is 4. The van der Waals surface area contributed by atoms with Crippen molar-refractivity contribution in [2.45, 2.75) is 46.3 Å². The van der Waals surface area contributed by atoms with Crippen LogP contribution in [0.3, 0.4) is 0 Å². The molecular weight excluding hydrogens is 453 g/mol. The minimum absolute atomic E-state index is 0. The Morgan fingerprint density at radius 2 is 1.45 bits per heavy atom. The van der Waals surface area contributed by atoms with E-state index in [0.717, 1.165) is 62.7 Å². The summed E-state index contributed by atoms with van der Waals surface area (Å²) in [7, 11) is 0. The molecule has 0 aliphatic carbocycles. The van der Waals surface area contributed by atoms with Crippen LogP contribution in [0.25, 0.3) is 0 Å². The highest BCUT2D eigenvalue weighted by molar-refractivity contribution is 5.86. The molecule has 0 amide bonds. The molecule has 2 aromatic carbocycles. The van der Waals surface area contributed by atoms with E-state index in [2.05, 4.69) is 67.8 Å². The molecule has 1 fully saturated rings. The van der Waals surface area contributed by atoms with Crippen LogP contribution in [0.15, 0.2) is 30.3 Å². The molecule has 0 radical (unpaired) electrons. The molecule has 1 unspecified atom stereocenters. The van der Waals surface area contributed by atoms with Crippen LogP contribution >= 0.6 is 37.2 Å². The summed E-state index contributed by atoms with van der Waals surface area (Å²) < 4.78 is 6.56. The lowest BCUT2D eigenvalue weighted by Crippen LogP contribution is -2.52. The second-order valence-corrected chi connectivity index (χ2v) is 8.86. The Morgan fingerprint density at radius 1 is 0.871 bits per heavy atom. The van der Waals surface area contributed by atoms with Crippen molar-refractivity contribution in [1.29, 1.82) is 0 Å². The smallest absolute Gasteiger partial charge is 0.127 e. The number of anilines is 1. The van der Waals surface area contributed by atoms with Crippen molar-refractivity contribution in [1.82, 2.24) is 9.80 Å². The molecule has 1 saturated heterocycles. The van der Waals surface area contributed by atoms with Gasteiger partial charge in [0.05, 0.1) is 0 Å². The third-order valence-corrected chi connectivity index (χ3v) is 6.61. The van der Waals surface area contributed by atoms with Crippen LogP contribution in [-0.2, 0) is 13.0 Å². The fraction of sp³-hybridized carbons (Fsp3) is 0.500. The largest absolute Gasteiger partial charge is 0.485 e. The maximum atomic E-state index is 6.56. The van der Waals surface area contributed by atoms with E-state index in [1.165, 1.54) is 22.3 Å². The maximum Gasteiger partial charge on any atom is 0.127 e. The third-order valence-electron chi connectivity index (χ3n) is 6.61. The van der Waals surface area contributed by atoms with Crippen LogP contribution in [0.5, 0.6) is 5.75 Å². The van der Waals surface area contributed by atoms with Crippen molar-refractivity contribution in [3.05, 3.63) is 58.1 Å². The van der Waals surface area contributed by atoms with E-state index >= 15 is 0 Å². The van der Waals surface area contributed by atoms with Gasteiger partial charge in [-0.15, -0.1) is 37.2 Å². The molecule has 2 N–H and O–H groups in total. The normalized spacial score (nSPS) is 20.6. The number of halogens is 3. The second kappa shape index (κ2) is 11.1. The fourth-order valence-electron chi connectivity index (χ4n) is 4.73. The molecule has 0 bridgehead atoms. The van der Waals surface area contributed by atoms with Crippen molar-refractivity contribution in [2.24, 2.45) is 0 Å². The summed E-state index contributed by atoms with van der Waals surface area (Å²) in [5.41, 5.74) is 13.4. The second-order valence-electron chi connectivity index (χ2n) is 8.86. The lowest BCUT2D eigenvalue weighted by atomic mass is 9.91. The van der Waals surface area contributed by atoms with Crippen molar-refractivity contribution in [3.8, 4) is 5.75 Å². The first-order valence-corrected chi connectivity index (χ1v) is 10.4. The van der Waals surface area contributed by atoms with Gasteiger partial charge in [0.2, 0.25) is 0 Å². The summed E-state index contributed by atoms with van der Waals surface area (Å²) in [6.45, 7) is 15.1. The van der Waals surface area contributed by atoms with E-state index in [1.807, 2.05) is 0 Å². The van der Waals surface area contributed by atoms with Crippen molar-refractivity contribution < 1.29 is 4.74 Å². The average Bonchev–Trinajstić information content (AvgIpc) is 3.05. The van der Waals surface area contributed by atoms with Crippen LogP contribution in [-0.4, -0.2) is 48.1 Å². The minimum Gasteiger partial charge on any atom is -0.485 e. The SMILES string of the molecule is Cc1c(C)c2c(c(C)c1N)CC(C)(CN1CCN(Cc3ccccc3)CC1)O2.Cl.Cl.Cl. The van der Waals surface area contributed by atoms with Gasteiger partial charge in [0, 0.05) is 56.9 Å². The molecule has 0 saturated carbocycles. The fourth-order valence-corrected chi connectivity index (χ4v) is 4.73. The van der Waals surface area contributed by atoms with E-state index in [9.17, 15) is 0 Å². The number of hydrogen-bond donors (Lipinski definition) is 1. The summed E-state index contributed by atoms with van der Waals surface area (Å²) in [6, 6.07) is 10.8. The van der Waals surface area contributed by atoms with Crippen molar-refractivity contribution in [2.75, 3.05) is 38.5 Å². The van der Waals surface area contributed by atoms with Crippen LogP contribution in [0.1, 0.15) is 34.7 Å².